The second kappa shape index (κ2) is 4.04. The molecule has 1 amide bonds. The molecule has 0 spiro atoms. The Bertz CT molecular complexity index is 658. The average Bonchev–Trinajstić information content (AvgIpc) is 3.09. The van der Waals surface area contributed by atoms with Crippen LogP contribution in [-0.4, -0.2) is 25.7 Å². The van der Waals surface area contributed by atoms with E-state index in [2.05, 4.69) is 15.1 Å². The molecular weight excluding hydrogens is 244 g/mol. The lowest BCUT2D eigenvalue weighted by molar-refractivity contribution is 0.100. The van der Waals surface area contributed by atoms with Gasteiger partial charge < -0.3 is 11.5 Å². The molecule has 2 heterocycles. The van der Waals surface area contributed by atoms with Crippen molar-refractivity contribution >= 4 is 11.7 Å². The first kappa shape index (κ1) is 11.6. The molecule has 0 aromatic carbocycles. The first-order chi connectivity index (χ1) is 9.06. The Morgan fingerprint density at radius 3 is 2.74 bits per heavy atom. The molecule has 0 radical (unpaired) electrons. The summed E-state index contributed by atoms with van der Waals surface area (Å²) in [5, 5.41) is 4.10. The van der Waals surface area contributed by atoms with Crippen molar-refractivity contribution in [2.45, 2.75) is 25.7 Å². The summed E-state index contributed by atoms with van der Waals surface area (Å²) in [4.78, 5) is 19.9. The number of carbonyl (C=O) groups is 1. The minimum Gasteiger partial charge on any atom is -0.383 e. The number of nitrogens with two attached hydrogens (primary N) is 2. The molecule has 1 aliphatic rings. The molecule has 2 aromatic rings. The van der Waals surface area contributed by atoms with E-state index < -0.39 is 5.91 Å². The van der Waals surface area contributed by atoms with Crippen LogP contribution in [0.1, 0.15) is 40.5 Å². The number of hydrogen-bond acceptors (Lipinski definition) is 5. The van der Waals surface area contributed by atoms with Gasteiger partial charge in [-0.05, 0) is 19.8 Å². The Morgan fingerprint density at radius 2 is 2.16 bits per heavy atom. The van der Waals surface area contributed by atoms with Crippen molar-refractivity contribution in [2.75, 3.05) is 5.73 Å². The maximum Gasteiger partial charge on any atom is 0.251 e. The van der Waals surface area contributed by atoms with Gasteiger partial charge >= 0.3 is 0 Å². The smallest absolute Gasteiger partial charge is 0.251 e. The lowest BCUT2D eigenvalue weighted by atomic mass is 10.3. The monoisotopic (exact) mass is 258 g/mol. The van der Waals surface area contributed by atoms with Gasteiger partial charge in [-0.1, -0.05) is 0 Å². The predicted molar refractivity (Wildman–Crippen MR) is 68.8 cm³/mol. The molecule has 98 valence electrons. The van der Waals surface area contributed by atoms with Crippen LogP contribution < -0.4 is 11.5 Å². The van der Waals surface area contributed by atoms with Gasteiger partial charge in [0.2, 0.25) is 0 Å². The van der Waals surface area contributed by atoms with Crippen LogP contribution in [0, 0.1) is 6.92 Å². The molecule has 0 unspecified atom stereocenters. The highest BCUT2D eigenvalue weighted by Crippen LogP contribution is 2.38. The van der Waals surface area contributed by atoms with Crippen LogP contribution in [0.4, 0.5) is 5.82 Å². The highest BCUT2D eigenvalue weighted by molar-refractivity contribution is 5.92. The van der Waals surface area contributed by atoms with Gasteiger partial charge in [0.05, 0.1) is 11.8 Å². The third kappa shape index (κ3) is 2.03. The van der Waals surface area contributed by atoms with Crippen LogP contribution in [0.3, 0.4) is 0 Å². The third-order valence-electron chi connectivity index (χ3n) is 3.20. The lowest BCUT2D eigenvalue weighted by Gasteiger charge is -2.09. The summed E-state index contributed by atoms with van der Waals surface area (Å²) in [6, 6.07) is 0. The first-order valence-corrected chi connectivity index (χ1v) is 6.05. The molecule has 0 bridgehead atoms. The van der Waals surface area contributed by atoms with Gasteiger partial charge in [0.15, 0.2) is 5.82 Å². The third-order valence-corrected chi connectivity index (χ3v) is 3.20. The molecule has 0 saturated heterocycles. The zero-order valence-electron chi connectivity index (χ0n) is 10.5. The largest absolute Gasteiger partial charge is 0.383 e. The van der Waals surface area contributed by atoms with E-state index in [0.717, 1.165) is 24.2 Å². The molecule has 0 aliphatic heterocycles. The second-order valence-electron chi connectivity index (χ2n) is 4.73. The van der Waals surface area contributed by atoms with E-state index in [0.29, 0.717) is 23.1 Å². The van der Waals surface area contributed by atoms with E-state index in [-0.39, 0.29) is 0 Å². The Hall–Kier alpha value is -2.44. The molecule has 4 N–H and O–H groups in total. The van der Waals surface area contributed by atoms with Crippen LogP contribution >= 0.6 is 0 Å². The summed E-state index contributed by atoms with van der Waals surface area (Å²) in [6.45, 7) is 1.83. The summed E-state index contributed by atoms with van der Waals surface area (Å²) >= 11 is 0. The molecule has 1 aliphatic carbocycles. The minimum absolute atomic E-state index is 0.338. The quantitative estimate of drug-likeness (QED) is 0.833. The van der Waals surface area contributed by atoms with Gasteiger partial charge in [-0.25, -0.2) is 14.6 Å². The second-order valence-corrected chi connectivity index (χ2v) is 4.73. The zero-order chi connectivity index (χ0) is 13.6. The maximum absolute atomic E-state index is 11.1. The van der Waals surface area contributed by atoms with Crippen molar-refractivity contribution in [3.05, 3.63) is 29.3 Å². The van der Waals surface area contributed by atoms with Crippen LogP contribution in [0.15, 0.2) is 12.4 Å². The Balaban J connectivity index is 2.09. The molecule has 0 atom stereocenters. The van der Waals surface area contributed by atoms with Gasteiger partial charge in [0, 0.05) is 17.7 Å². The Morgan fingerprint density at radius 1 is 1.42 bits per heavy atom. The lowest BCUT2D eigenvalue weighted by Crippen LogP contribution is -2.11. The van der Waals surface area contributed by atoms with E-state index in [1.165, 1.54) is 10.9 Å². The van der Waals surface area contributed by atoms with Crippen LogP contribution in [0.5, 0.6) is 0 Å². The Kier molecular flexibility index (Phi) is 2.48. The van der Waals surface area contributed by atoms with Gasteiger partial charge in [0.1, 0.15) is 11.6 Å². The maximum atomic E-state index is 11.1. The average molecular weight is 258 g/mol. The summed E-state index contributed by atoms with van der Waals surface area (Å²) < 4.78 is 1.51. The number of primary amides is 1. The summed E-state index contributed by atoms with van der Waals surface area (Å²) in [5.41, 5.74) is 12.2. The van der Waals surface area contributed by atoms with Gasteiger partial charge in [-0.15, -0.1) is 0 Å². The van der Waals surface area contributed by atoms with Crippen molar-refractivity contribution in [1.82, 2.24) is 19.7 Å². The van der Waals surface area contributed by atoms with Crippen molar-refractivity contribution < 1.29 is 4.79 Å². The molecule has 3 rings (SSSR count). The fourth-order valence-corrected chi connectivity index (χ4v) is 1.85. The first-order valence-electron chi connectivity index (χ1n) is 6.05. The number of amides is 1. The van der Waals surface area contributed by atoms with Crippen LogP contribution in [0.25, 0.3) is 5.82 Å². The molecule has 2 aromatic heterocycles. The van der Waals surface area contributed by atoms with Crippen LogP contribution in [-0.2, 0) is 0 Å². The van der Waals surface area contributed by atoms with Gasteiger partial charge in [0.25, 0.3) is 5.91 Å². The van der Waals surface area contributed by atoms with Crippen molar-refractivity contribution in [1.29, 1.82) is 0 Å². The topological polar surface area (TPSA) is 113 Å². The van der Waals surface area contributed by atoms with Gasteiger partial charge in [-0.2, -0.15) is 5.10 Å². The Labute approximate surface area is 109 Å². The summed E-state index contributed by atoms with van der Waals surface area (Å²) in [6.07, 6.45) is 5.14. The predicted octanol–water partition coefficient (Wildman–Crippen LogP) is 0.529. The van der Waals surface area contributed by atoms with E-state index >= 15 is 0 Å². The molecule has 7 heteroatoms. The normalized spacial score (nSPS) is 14.6. The molecule has 1 saturated carbocycles. The highest BCUT2D eigenvalue weighted by atomic mass is 16.1. The van der Waals surface area contributed by atoms with Crippen molar-refractivity contribution in [3.8, 4) is 5.82 Å². The zero-order valence-corrected chi connectivity index (χ0v) is 10.5. The summed E-state index contributed by atoms with van der Waals surface area (Å²) in [5.74, 6) is 1.67. The summed E-state index contributed by atoms with van der Waals surface area (Å²) in [7, 11) is 0. The van der Waals surface area contributed by atoms with E-state index in [4.69, 9.17) is 11.5 Å². The van der Waals surface area contributed by atoms with Crippen LogP contribution in [0.2, 0.25) is 0 Å². The highest BCUT2D eigenvalue weighted by Gasteiger charge is 2.28. The number of anilines is 1. The number of nitrogen functional groups attached to an aromatic ring is 1. The fraction of sp³-hybridized carbons (Fsp3) is 0.333. The number of nitrogens with zero attached hydrogens (tertiary/aromatic N) is 4. The van der Waals surface area contributed by atoms with Gasteiger partial charge in [-0.3, -0.25) is 4.79 Å². The number of rotatable bonds is 3. The van der Waals surface area contributed by atoms with Crippen molar-refractivity contribution in [2.24, 2.45) is 5.73 Å². The van der Waals surface area contributed by atoms with E-state index in [1.54, 1.807) is 6.20 Å². The standard InChI is InChI=1S/C12H14N6O/c1-6-9(13)16-11(7-2-3-7)17-12(6)18-5-8(4-15-18)10(14)19/h4-5,7H,2-3H2,1H3,(H2,14,19)(H2,13,16,17). The van der Waals surface area contributed by atoms with E-state index in [9.17, 15) is 4.79 Å². The number of carbonyl (C=O) groups excluding carboxylic acids is 1. The number of hydrogen-bond donors (Lipinski definition) is 2. The minimum atomic E-state index is -0.520. The molecule has 1 fully saturated rings. The molecule has 7 nitrogen and oxygen atoms in total. The van der Waals surface area contributed by atoms with E-state index in [1.807, 2.05) is 6.92 Å². The van der Waals surface area contributed by atoms with Crippen molar-refractivity contribution in [3.63, 3.8) is 0 Å². The fourth-order valence-electron chi connectivity index (χ4n) is 1.85. The SMILES string of the molecule is Cc1c(N)nc(C2CC2)nc1-n1cc(C(N)=O)cn1. The molecular formula is C12H14N6O. The number of aromatic nitrogens is 4. The molecule has 19 heavy (non-hydrogen) atoms.